The van der Waals surface area contributed by atoms with E-state index in [1.807, 2.05) is 12.1 Å². The molecular formula is C18H19NO2. The maximum atomic E-state index is 5.73. The number of benzene rings is 2. The molecular weight excluding hydrogens is 262 g/mol. The zero-order valence-electron chi connectivity index (χ0n) is 12.0. The van der Waals surface area contributed by atoms with Crippen LogP contribution in [0.25, 0.3) is 0 Å². The Kier molecular flexibility index (Phi) is 3.18. The predicted octanol–water partition coefficient (Wildman–Crippen LogP) is 3.60. The lowest BCUT2D eigenvalue weighted by atomic mass is 9.77. The predicted molar refractivity (Wildman–Crippen MR) is 83.4 cm³/mol. The Balaban J connectivity index is 1.43. The summed E-state index contributed by atoms with van der Waals surface area (Å²) in [7, 11) is 0. The van der Waals surface area contributed by atoms with Crippen LogP contribution in [-0.4, -0.2) is 19.8 Å². The number of anilines is 1. The Morgan fingerprint density at radius 2 is 1.86 bits per heavy atom. The van der Waals surface area contributed by atoms with Gasteiger partial charge in [0.25, 0.3) is 0 Å². The maximum Gasteiger partial charge on any atom is 0.163 e. The molecule has 1 unspecified atom stereocenters. The summed E-state index contributed by atoms with van der Waals surface area (Å²) in [4.78, 5) is 0. The van der Waals surface area contributed by atoms with Gasteiger partial charge >= 0.3 is 0 Å². The highest BCUT2D eigenvalue weighted by Crippen LogP contribution is 2.36. The van der Waals surface area contributed by atoms with Crippen molar-refractivity contribution < 1.29 is 9.47 Å². The molecule has 0 saturated carbocycles. The van der Waals surface area contributed by atoms with Gasteiger partial charge in [-0.3, -0.25) is 0 Å². The summed E-state index contributed by atoms with van der Waals surface area (Å²) in [6.07, 6.45) is 2.12. The summed E-state index contributed by atoms with van der Waals surface area (Å²) in [6, 6.07) is 14.8. The van der Waals surface area contributed by atoms with Crippen molar-refractivity contribution >= 4 is 5.69 Å². The van der Waals surface area contributed by atoms with Crippen LogP contribution in [0.1, 0.15) is 23.5 Å². The van der Waals surface area contributed by atoms with Gasteiger partial charge in [0.15, 0.2) is 11.5 Å². The molecule has 0 saturated heterocycles. The summed E-state index contributed by atoms with van der Waals surface area (Å²) < 4.78 is 11.4. The number of hydrogen-bond donors (Lipinski definition) is 1. The fourth-order valence-electron chi connectivity index (χ4n) is 3.06. The molecule has 4 rings (SSSR count). The van der Waals surface area contributed by atoms with Gasteiger partial charge < -0.3 is 14.8 Å². The molecule has 2 aromatic rings. The molecule has 3 nitrogen and oxygen atoms in total. The number of ether oxygens (including phenoxy) is 2. The van der Waals surface area contributed by atoms with E-state index in [-0.39, 0.29) is 0 Å². The second-order valence-corrected chi connectivity index (χ2v) is 5.69. The van der Waals surface area contributed by atoms with Gasteiger partial charge in [0, 0.05) is 30.6 Å². The molecule has 108 valence electrons. The van der Waals surface area contributed by atoms with Gasteiger partial charge in [0.05, 0.1) is 13.2 Å². The third-order valence-corrected chi connectivity index (χ3v) is 4.26. The fraction of sp³-hybridized carbons (Fsp3) is 0.333. The van der Waals surface area contributed by atoms with Crippen LogP contribution >= 0.6 is 0 Å². The summed E-state index contributed by atoms with van der Waals surface area (Å²) in [5.74, 6) is 2.33. The highest BCUT2D eigenvalue weighted by molar-refractivity contribution is 5.55. The summed E-state index contributed by atoms with van der Waals surface area (Å²) in [5.41, 5.74) is 4.07. The SMILES string of the molecule is c1ccc2c(c1)CC2CNc1ccc2c(c1)OCCCO2. The summed E-state index contributed by atoms with van der Waals surface area (Å²) in [5, 5.41) is 3.52. The molecule has 0 radical (unpaired) electrons. The van der Waals surface area contributed by atoms with Crippen molar-refractivity contribution in [3.05, 3.63) is 53.6 Å². The lowest BCUT2D eigenvalue weighted by molar-refractivity contribution is 0.297. The molecule has 1 atom stereocenters. The topological polar surface area (TPSA) is 30.5 Å². The van der Waals surface area contributed by atoms with E-state index < -0.39 is 0 Å². The van der Waals surface area contributed by atoms with Crippen molar-refractivity contribution in [3.63, 3.8) is 0 Å². The fourth-order valence-corrected chi connectivity index (χ4v) is 3.06. The van der Waals surface area contributed by atoms with Crippen LogP contribution in [0.2, 0.25) is 0 Å². The Morgan fingerprint density at radius 3 is 2.76 bits per heavy atom. The van der Waals surface area contributed by atoms with Gasteiger partial charge in [-0.2, -0.15) is 0 Å². The third kappa shape index (κ3) is 2.44. The molecule has 1 aliphatic heterocycles. The molecule has 0 amide bonds. The Bertz CT molecular complexity index is 653. The second kappa shape index (κ2) is 5.32. The molecule has 0 bridgehead atoms. The second-order valence-electron chi connectivity index (χ2n) is 5.69. The van der Waals surface area contributed by atoms with Crippen LogP contribution in [0.15, 0.2) is 42.5 Å². The molecule has 0 aromatic heterocycles. The number of nitrogens with one attached hydrogen (secondary N) is 1. The number of fused-ring (bicyclic) bond motifs is 2. The minimum absolute atomic E-state index is 0.622. The first-order chi connectivity index (χ1) is 10.4. The van der Waals surface area contributed by atoms with E-state index in [1.54, 1.807) is 0 Å². The van der Waals surface area contributed by atoms with Crippen molar-refractivity contribution in [3.8, 4) is 11.5 Å². The largest absolute Gasteiger partial charge is 0.490 e. The highest BCUT2D eigenvalue weighted by atomic mass is 16.5. The van der Waals surface area contributed by atoms with Crippen LogP contribution in [-0.2, 0) is 6.42 Å². The van der Waals surface area contributed by atoms with Crippen molar-refractivity contribution in [1.29, 1.82) is 0 Å². The maximum absolute atomic E-state index is 5.73. The summed E-state index contributed by atoms with van der Waals surface area (Å²) >= 11 is 0. The lowest BCUT2D eigenvalue weighted by Crippen LogP contribution is -2.24. The number of rotatable bonds is 3. The monoisotopic (exact) mass is 281 g/mol. The van der Waals surface area contributed by atoms with Crippen LogP contribution in [0, 0.1) is 0 Å². The van der Waals surface area contributed by atoms with E-state index in [0.717, 1.165) is 43.4 Å². The highest BCUT2D eigenvalue weighted by Gasteiger charge is 2.24. The Hall–Kier alpha value is -2.16. The van der Waals surface area contributed by atoms with Crippen molar-refractivity contribution in [1.82, 2.24) is 0 Å². The van der Waals surface area contributed by atoms with Crippen molar-refractivity contribution in [2.75, 3.05) is 25.1 Å². The zero-order valence-corrected chi connectivity index (χ0v) is 12.0. The first kappa shape index (κ1) is 12.6. The van der Waals surface area contributed by atoms with Gasteiger partial charge in [-0.25, -0.2) is 0 Å². The molecule has 2 aliphatic rings. The minimum Gasteiger partial charge on any atom is -0.490 e. The van der Waals surface area contributed by atoms with E-state index in [9.17, 15) is 0 Å². The quantitative estimate of drug-likeness (QED) is 0.932. The van der Waals surface area contributed by atoms with Crippen LogP contribution in [0.4, 0.5) is 5.69 Å². The van der Waals surface area contributed by atoms with Gasteiger partial charge in [-0.05, 0) is 29.7 Å². The standard InChI is InChI=1S/C18H19NO2/c1-2-5-16-13(4-1)10-14(16)12-19-15-6-7-17-18(11-15)21-9-3-8-20-17/h1-2,4-7,11,14,19H,3,8-10,12H2. The molecule has 3 heteroatoms. The van der Waals surface area contributed by atoms with Gasteiger partial charge in [-0.15, -0.1) is 0 Å². The number of hydrogen-bond acceptors (Lipinski definition) is 3. The van der Waals surface area contributed by atoms with Crippen LogP contribution in [0.5, 0.6) is 11.5 Å². The first-order valence-electron chi connectivity index (χ1n) is 7.61. The molecule has 2 aromatic carbocycles. The van der Waals surface area contributed by atoms with Crippen LogP contribution in [0.3, 0.4) is 0 Å². The molecule has 0 spiro atoms. The van der Waals surface area contributed by atoms with Gasteiger partial charge in [0.1, 0.15) is 0 Å². The average Bonchev–Trinajstić information content (AvgIpc) is 2.73. The lowest BCUT2D eigenvalue weighted by Gasteiger charge is -2.30. The van der Waals surface area contributed by atoms with Crippen molar-refractivity contribution in [2.24, 2.45) is 0 Å². The van der Waals surface area contributed by atoms with E-state index in [0.29, 0.717) is 5.92 Å². The molecule has 1 heterocycles. The van der Waals surface area contributed by atoms with E-state index in [1.165, 1.54) is 17.5 Å². The van der Waals surface area contributed by atoms with E-state index >= 15 is 0 Å². The molecule has 0 fully saturated rings. The normalized spacial score (nSPS) is 19.1. The van der Waals surface area contributed by atoms with Gasteiger partial charge in [0.2, 0.25) is 0 Å². The van der Waals surface area contributed by atoms with Crippen molar-refractivity contribution in [2.45, 2.75) is 18.8 Å². The molecule has 21 heavy (non-hydrogen) atoms. The van der Waals surface area contributed by atoms with Gasteiger partial charge in [-0.1, -0.05) is 24.3 Å². The Morgan fingerprint density at radius 1 is 1.00 bits per heavy atom. The Labute approximate surface area is 124 Å². The van der Waals surface area contributed by atoms with E-state index in [2.05, 4.69) is 35.6 Å². The molecule has 1 aliphatic carbocycles. The average molecular weight is 281 g/mol. The zero-order chi connectivity index (χ0) is 14.1. The van der Waals surface area contributed by atoms with E-state index in [4.69, 9.17) is 9.47 Å². The molecule has 1 N–H and O–H groups in total. The smallest absolute Gasteiger partial charge is 0.163 e. The first-order valence-corrected chi connectivity index (χ1v) is 7.61. The minimum atomic E-state index is 0.622. The third-order valence-electron chi connectivity index (χ3n) is 4.26. The van der Waals surface area contributed by atoms with Crippen LogP contribution < -0.4 is 14.8 Å². The summed E-state index contributed by atoms with van der Waals surface area (Å²) in [6.45, 7) is 2.43.